The minimum atomic E-state index is -0.153. The second-order valence-electron chi connectivity index (χ2n) is 3.34. The Morgan fingerprint density at radius 1 is 0.895 bits per heavy atom. The van der Waals surface area contributed by atoms with E-state index < -0.39 is 0 Å². The van der Waals surface area contributed by atoms with Gasteiger partial charge in [-0.1, -0.05) is 42.0 Å². The van der Waals surface area contributed by atoms with Crippen molar-refractivity contribution in [2.75, 3.05) is 0 Å². The molecule has 5 heteroatoms. The molecule has 4 nitrogen and oxygen atoms in total. The largest absolute Gasteiger partial charge is 1.00 e. The fraction of sp³-hybridized carbons (Fsp3) is 0. The number of carbonyl (C=O) groups excluding carboxylic acids is 2. The van der Waals surface area contributed by atoms with Crippen LogP contribution in [0, 0.1) is 0 Å². The molecular weight excluding hydrogens is 255 g/mol. The SMILES string of the molecule is O=[C-]c1ccccc1C(=O)c1ccccc1.OO.[Na+]. The van der Waals surface area contributed by atoms with Crippen LogP contribution >= 0.6 is 0 Å². The van der Waals surface area contributed by atoms with Crippen molar-refractivity contribution in [2.45, 2.75) is 0 Å². The number of hydrogen-bond donors (Lipinski definition) is 2. The van der Waals surface area contributed by atoms with Crippen molar-refractivity contribution < 1.29 is 49.7 Å². The summed E-state index contributed by atoms with van der Waals surface area (Å²) in [5.41, 5.74) is 1.27. The van der Waals surface area contributed by atoms with Crippen LogP contribution in [0.4, 0.5) is 0 Å². The Morgan fingerprint density at radius 3 is 2.00 bits per heavy atom. The van der Waals surface area contributed by atoms with Crippen LogP contribution < -0.4 is 29.6 Å². The van der Waals surface area contributed by atoms with Crippen LogP contribution in [0.5, 0.6) is 0 Å². The second kappa shape index (κ2) is 9.61. The summed E-state index contributed by atoms with van der Waals surface area (Å²) in [5, 5.41) is 12.0. The van der Waals surface area contributed by atoms with E-state index in [1.54, 1.807) is 54.8 Å². The molecule has 0 aromatic heterocycles. The van der Waals surface area contributed by atoms with Crippen LogP contribution in [0.3, 0.4) is 0 Å². The number of ketones is 1. The van der Waals surface area contributed by atoms with Crippen LogP contribution in [-0.4, -0.2) is 22.6 Å². The minimum Gasteiger partial charge on any atom is -0.376 e. The Hall–Kier alpha value is -1.30. The van der Waals surface area contributed by atoms with E-state index in [1.807, 2.05) is 6.07 Å². The molecule has 0 atom stereocenters. The molecule has 0 aliphatic heterocycles. The molecule has 19 heavy (non-hydrogen) atoms. The van der Waals surface area contributed by atoms with Gasteiger partial charge in [0.25, 0.3) is 0 Å². The van der Waals surface area contributed by atoms with E-state index in [1.165, 1.54) is 0 Å². The number of rotatable bonds is 3. The van der Waals surface area contributed by atoms with Gasteiger partial charge >= 0.3 is 29.6 Å². The first-order chi connectivity index (χ1) is 8.83. The van der Waals surface area contributed by atoms with Gasteiger partial charge in [0, 0.05) is 5.56 Å². The van der Waals surface area contributed by atoms with Crippen molar-refractivity contribution in [3.63, 3.8) is 0 Å². The standard InChI is InChI=1S/C14H9O2.Na.H2O2/c15-10-12-8-4-5-9-13(12)14(16)11-6-2-1-3-7-11;;1-2/h1-9H;;1-2H/q-1;+1;. The predicted octanol–water partition coefficient (Wildman–Crippen LogP) is -0.603. The molecule has 0 radical (unpaired) electrons. The van der Waals surface area contributed by atoms with Crippen molar-refractivity contribution in [2.24, 2.45) is 0 Å². The maximum Gasteiger partial charge on any atom is 1.00 e. The summed E-state index contributed by atoms with van der Waals surface area (Å²) < 4.78 is 0. The molecule has 92 valence electrons. The molecule has 2 N–H and O–H groups in total. The normalized spacial score (nSPS) is 8.53. The molecule has 0 heterocycles. The van der Waals surface area contributed by atoms with Gasteiger partial charge in [-0.25, -0.2) is 0 Å². The zero-order chi connectivity index (χ0) is 13.4. The fourth-order valence-electron chi connectivity index (χ4n) is 1.52. The Balaban J connectivity index is 0.00000103. The molecule has 0 amide bonds. The molecule has 0 spiro atoms. The zero-order valence-electron chi connectivity index (χ0n) is 10.4. The van der Waals surface area contributed by atoms with Gasteiger partial charge in [-0.05, 0) is 0 Å². The van der Waals surface area contributed by atoms with Crippen molar-refractivity contribution in [3.05, 3.63) is 71.3 Å². The molecule has 2 rings (SSSR count). The molecule has 0 aliphatic rings. The van der Waals surface area contributed by atoms with Gasteiger partial charge in [-0.15, -0.1) is 17.7 Å². The van der Waals surface area contributed by atoms with Gasteiger partial charge in [-0.3, -0.25) is 10.5 Å². The summed E-state index contributed by atoms with van der Waals surface area (Å²) in [4.78, 5) is 22.7. The van der Waals surface area contributed by atoms with Gasteiger partial charge < -0.3 is 9.59 Å². The van der Waals surface area contributed by atoms with E-state index in [2.05, 4.69) is 0 Å². The molecule has 0 saturated carbocycles. The van der Waals surface area contributed by atoms with E-state index in [9.17, 15) is 9.59 Å². The molecule has 0 aliphatic carbocycles. The average molecular weight is 266 g/mol. The van der Waals surface area contributed by atoms with E-state index >= 15 is 0 Å². The van der Waals surface area contributed by atoms with Gasteiger partial charge in [-0.2, -0.15) is 6.07 Å². The van der Waals surface area contributed by atoms with Gasteiger partial charge in [0.1, 0.15) is 5.78 Å². The van der Waals surface area contributed by atoms with Crippen molar-refractivity contribution in [1.29, 1.82) is 0 Å². The van der Waals surface area contributed by atoms with Crippen LogP contribution in [0.2, 0.25) is 0 Å². The summed E-state index contributed by atoms with van der Waals surface area (Å²) >= 11 is 0. The number of benzene rings is 2. The third-order valence-electron chi connectivity index (χ3n) is 2.32. The zero-order valence-corrected chi connectivity index (χ0v) is 12.4. The Labute approximate surface area is 132 Å². The van der Waals surface area contributed by atoms with Crippen LogP contribution in [0.1, 0.15) is 21.5 Å². The number of carbonyl (C=O) groups is 1. The van der Waals surface area contributed by atoms with Crippen molar-refractivity contribution in [3.8, 4) is 0 Å². The first-order valence-electron chi connectivity index (χ1n) is 5.10. The minimum absolute atomic E-state index is 0. The summed E-state index contributed by atoms with van der Waals surface area (Å²) in [7, 11) is 0. The van der Waals surface area contributed by atoms with Gasteiger partial charge in [0.15, 0.2) is 0 Å². The van der Waals surface area contributed by atoms with Crippen LogP contribution in [0.25, 0.3) is 0 Å². The van der Waals surface area contributed by atoms with E-state index in [4.69, 9.17) is 10.5 Å². The summed E-state index contributed by atoms with van der Waals surface area (Å²) in [6.07, 6.45) is 1.78. The molecule has 0 fully saturated rings. The average Bonchev–Trinajstić information content (AvgIpc) is 2.49. The molecule has 0 bridgehead atoms. The summed E-state index contributed by atoms with van der Waals surface area (Å²) in [6.45, 7) is 0. The molecule has 2 aromatic rings. The van der Waals surface area contributed by atoms with E-state index in [0.717, 1.165) is 0 Å². The van der Waals surface area contributed by atoms with Crippen molar-refractivity contribution in [1.82, 2.24) is 0 Å². The van der Waals surface area contributed by atoms with Crippen molar-refractivity contribution >= 4 is 12.1 Å². The van der Waals surface area contributed by atoms with E-state index in [0.29, 0.717) is 16.7 Å². The Bertz CT molecular complexity index is 526. The maximum absolute atomic E-state index is 12.0. The summed E-state index contributed by atoms with van der Waals surface area (Å²) in [5.74, 6) is -0.153. The Kier molecular flexibility index (Phi) is 8.95. The van der Waals surface area contributed by atoms with E-state index in [-0.39, 0.29) is 35.3 Å². The fourth-order valence-corrected chi connectivity index (χ4v) is 1.52. The molecule has 2 aromatic carbocycles. The predicted molar refractivity (Wildman–Crippen MR) is 66.4 cm³/mol. The molecular formula is C14H11NaO4. The topological polar surface area (TPSA) is 74.6 Å². The van der Waals surface area contributed by atoms with Gasteiger partial charge in [0.05, 0.1) is 6.29 Å². The van der Waals surface area contributed by atoms with Crippen LogP contribution in [-0.2, 0) is 4.79 Å². The first kappa shape index (κ1) is 17.7. The van der Waals surface area contributed by atoms with Gasteiger partial charge in [0.2, 0.25) is 0 Å². The molecule has 0 unspecified atom stereocenters. The quantitative estimate of drug-likeness (QED) is 0.256. The maximum atomic E-state index is 12.0. The second-order valence-corrected chi connectivity index (χ2v) is 3.34. The third kappa shape index (κ3) is 4.70. The summed E-state index contributed by atoms with van der Waals surface area (Å²) in [6, 6.07) is 15.5. The molecule has 0 saturated heterocycles. The monoisotopic (exact) mass is 266 g/mol. The number of hydrogen-bond acceptors (Lipinski definition) is 4. The Morgan fingerprint density at radius 2 is 1.42 bits per heavy atom. The smallest absolute Gasteiger partial charge is 0.376 e. The first-order valence-corrected chi connectivity index (χ1v) is 5.10. The third-order valence-corrected chi connectivity index (χ3v) is 2.32. The van der Waals surface area contributed by atoms with Crippen LogP contribution in [0.15, 0.2) is 54.6 Å².